The summed E-state index contributed by atoms with van der Waals surface area (Å²) in [6.45, 7) is 0.501. The molecule has 6 nitrogen and oxygen atoms in total. The summed E-state index contributed by atoms with van der Waals surface area (Å²) in [5.41, 5.74) is 2.61. The van der Waals surface area contributed by atoms with Crippen molar-refractivity contribution in [2.24, 2.45) is 11.8 Å². The topological polar surface area (TPSA) is 93.1 Å². The third kappa shape index (κ3) is 5.46. The maximum absolute atomic E-state index is 11.8. The first kappa shape index (κ1) is 23.1. The van der Waals surface area contributed by atoms with Crippen LogP contribution in [0.25, 0.3) is 0 Å². The first-order valence-electron chi connectivity index (χ1n) is 11.1. The quantitative estimate of drug-likeness (QED) is 0.505. The van der Waals surface area contributed by atoms with Crippen LogP contribution in [0.2, 0.25) is 0 Å². The van der Waals surface area contributed by atoms with E-state index in [0.29, 0.717) is 22.7 Å². The Balaban J connectivity index is 1.77. The van der Waals surface area contributed by atoms with E-state index in [1.807, 2.05) is 85.0 Å². The standard InChI is InChI=1S/C28H26O6/c29-25(30)15-23-24(16-26(31)32)28(34-18-20-11-5-2-6-12-20)22-14-8-7-13-21(22)27(23)33-17-19-9-3-1-4-10-19/h1-14,21-22H,15-18H2,(H,29,30)(H,31,32). The Kier molecular flexibility index (Phi) is 7.28. The lowest BCUT2D eigenvalue weighted by atomic mass is 9.75. The molecule has 34 heavy (non-hydrogen) atoms. The average Bonchev–Trinajstić information content (AvgIpc) is 2.84. The zero-order valence-corrected chi connectivity index (χ0v) is 18.6. The van der Waals surface area contributed by atoms with Crippen molar-refractivity contribution < 1.29 is 29.3 Å². The number of fused-ring (bicyclic) bond motifs is 1. The smallest absolute Gasteiger partial charge is 0.307 e. The molecular weight excluding hydrogens is 432 g/mol. The molecule has 0 aromatic heterocycles. The van der Waals surface area contributed by atoms with Gasteiger partial charge in [0.25, 0.3) is 0 Å². The molecule has 2 aliphatic rings. The number of benzene rings is 2. The molecule has 2 N–H and O–H groups in total. The molecule has 4 rings (SSSR count). The Morgan fingerprint density at radius 3 is 1.38 bits per heavy atom. The van der Waals surface area contributed by atoms with Gasteiger partial charge < -0.3 is 19.7 Å². The minimum atomic E-state index is -1.06. The molecule has 2 atom stereocenters. The summed E-state index contributed by atoms with van der Waals surface area (Å²) in [6.07, 6.45) is 6.98. The summed E-state index contributed by atoms with van der Waals surface area (Å²) in [4.78, 5) is 23.7. The van der Waals surface area contributed by atoms with Crippen LogP contribution in [0.15, 0.2) is 108 Å². The van der Waals surface area contributed by atoms with Gasteiger partial charge in [0.15, 0.2) is 0 Å². The van der Waals surface area contributed by atoms with E-state index < -0.39 is 11.9 Å². The van der Waals surface area contributed by atoms with Gasteiger partial charge >= 0.3 is 11.9 Å². The number of ether oxygens (including phenoxy) is 2. The molecule has 174 valence electrons. The number of rotatable bonds is 10. The van der Waals surface area contributed by atoms with Crippen molar-refractivity contribution in [2.45, 2.75) is 26.1 Å². The molecular formula is C28H26O6. The number of carboxylic acid groups (broad SMARTS) is 2. The molecule has 0 aliphatic heterocycles. The van der Waals surface area contributed by atoms with Gasteiger partial charge in [0.05, 0.1) is 12.8 Å². The van der Waals surface area contributed by atoms with Gasteiger partial charge in [-0.15, -0.1) is 0 Å². The second kappa shape index (κ2) is 10.7. The molecule has 0 radical (unpaired) electrons. The predicted molar refractivity (Wildman–Crippen MR) is 126 cm³/mol. The minimum absolute atomic E-state index is 0.251. The van der Waals surface area contributed by atoms with E-state index in [1.54, 1.807) is 0 Å². The maximum Gasteiger partial charge on any atom is 0.307 e. The maximum atomic E-state index is 11.8. The molecule has 2 aromatic rings. The lowest BCUT2D eigenvalue weighted by molar-refractivity contribution is -0.137. The van der Waals surface area contributed by atoms with Crippen LogP contribution in [0.3, 0.4) is 0 Å². The first-order valence-corrected chi connectivity index (χ1v) is 11.1. The van der Waals surface area contributed by atoms with Crippen molar-refractivity contribution in [3.8, 4) is 0 Å². The molecule has 0 spiro atoms. The summed E-state index contributed by atoms with van der Waals surface area (Å²) in [5, 5.41) is 19.4. The van der Waals surface area contributed by atoms with Crippen LogP contribution >= 0.6 is 0 Å². The zero-order chi connectivity index (χ0) is 23.9. The number of carboxylic acids is 2. The molecule has 0 bridgehead atoms. The minimum Gasteiger partial charge on any atom is -0.492 e. The van der Waals surface area contributed by atoms with Crippen LogP contribution in [0.1, 0.15) is 24.0 Å². The SMILES string of the molecule is O=C(O)CC1=C(OCc2ccccc2)C2C=CC=CC2C(OCc2ccccc2)=C1CC(=O)O. The molecule has 2 aliphatic carbocycles. The molecule has 0 saturated heterocycles. The van der Waals surface area contributed by atoms with Crippen LogP contribution in [0.4, 0.5) is 0 Å². The van der Waals surface area contributed by atoms with E-state index in [-0.39, 0.29) is 37.9 Å². The normalized spacial score (nSPS) is 19.1. The highest BCUT2D eigenvalue weighted by Crippen LogP contribution is 2.45. The van der Waals surface area contributed by atoms with Crippen molar-refractivity contribution in [1.29, 1.82) is 0 Å². The molecule has 0 heterocycles. The Bertz CT molecular complexity index is 1060. The van der Waals surface area contributed by atoms with Crippen molar-refractivity contribution in [2.75, 3.05) is 0 Å². The van der Waals surface area contributed by atoms with Gasteiger partial charge in [0.1, 0.15) is 24.7 Å². The van der Waals surface area contributed by atoms with Crippen molar-refractivity contribution in [3.05, 3.63) is 119 Å². The van der Waals surface area contributed by atoms with Gasteiger partial charge in [-0.3, -0.25) is 9.59 Å². The third-order valence-electron chi connectivity index (χ3n) is 5.83. The third-order valence-corrected chi connectivity index (χ3v) is 5.83. The van der Waals surface area contributed by atoms with Gasteiger partial charge in [0, 0.05) is 23.0 Å². The van der Waals surface area contributed by atoms with Crippen LogP contribution in [-0.2, 0) is 32.3 Å². The first-order chi connectivity index (χ1) is 16.5. The van der Waals surface area contributed by atoms with Crippen LogP contribution < -0.4 is 0 Å². The van der Waals surface area contributed by atoms with Crippen molar-refractivity contribution in [1.82, 2.24) is 0 Å². The molecule has 6 heteroatoms. The molecule has 0 saturated carbocycles. The summed E-state index contributed by atoms with van der Waals surface area (Å²) >= 11 is 0. The van der Waals surface area contributed by atoms with Gasteiger partial charge in [-0.05, 0) is 11.1 Å². The van der Waals surface area contributed by atoms with Gasteiger partial charge in [-0.2, -0.15) is 0 Å². The van der Waals surface area contributed by atoms with E-state index >= 15 is 0 Å². The van der Waals surface area contributed by atoms with E-state index in [0.717, 1.165) is 11.1 Å². The van der Waals surface area contributed by atoms with E-state index in [4.69, 9.17) is 9.47 Å². The number of carbonyl (C=O) groups is 2. The lowest BCUT2D eigenvalue weighted by Gasteiger charge is -2.36. The molecule has 0 fully saturated rings. The summed E-state index contributed by atoms with van der Waals surface area (Å²) in [6, 6.07) is 19.2. The van der Waals surface area contributed by atoms with E-state index in [9.17, 15) is 19.8 Å². The monoisotopic (exact) mass is 458 g/mol. The van der Waals surface area contributed by atoms with E-state index in [2.05, 4.69) is 0 Å². The highest BCUT2D eigenvalue weighted by molar-refractivity contribution is 5.77. The molecule has 0 amide bonds. The Labute approximate surface area is 198 Å². The zero-order valence-electron chi connectivity index (χ0n) is 18.6. The Hall–Kier alpha value is -4.06. The summed E-state index contributed by atoms with van der Waals surface area (Å²) in [7, 11) is 0. The number of allylic oxidation sites excluding steroid dienone is 4. The van der Waals surface area contributed by atoms with Gasteiger partial charge in [-0.25, -0.2) is 0 Å². The van der Waals surface area contributed by atoms with E-state index in [1.165, 1.54) is 0 Å². The summed E-state index contributed by atoms with van der Waals surface area (Å²) in [5.74, 6) is -1.72. The summed E-state index contributed by atoms with van der Waals surface area (Å²) < 4.78 is 12.4. The largest absolute Gasteiger partial charge is 0.492 e. The average molecular weight is 459 g/mol. The fourth-order valence-corrected chi connectivity index (χ4v) is 4.34. The highest BCUT2D eigenvalue weighted by atomic mass is 16.5. The highest BCUT2D eigenvalue weighted by Gasteiger charge is 2.39. The number of hydrogen-bond donors (Lipinski definition) is 2. The molecule has 2 aromatic carbocycles. The predicted octanol–water partition coefficient (Wildman–Crippen LogP) is 5.25. The fraction of sp³-hybridized carbons (Fsp3) is 0.214. The fourth-order valence-electron chi connectivity index (χ4n) is 4.34. The van der Waals surface area contributed by atoms with Crippen LogP contribution in [0, 0.1) is 11.8 Å². The van der Waals surface area contributed by atoms with Gasteiger partial charge in [0.2, 0.25) is 0 Å². The Morgan fingerprint density at radius 1 is 0.647 bits per heavy atom. The van der Waals surface area contributed by atoms with Crippen LogP contribution in [0.5, 0.6) is 0 Å². The van der Waals surface area contributed by atoms with Crippen LogP contribution in [-0.4, -0.2) is 22.2 Å². The number of aliphatic carboxylic acids is 2. The number of hydrogen-bond acceptors (Lipinski definition) is 4. The van der Waals surface area contributed by atoms with Gasteiger partial charge in [-0.1, -0.05) is 85.0 Å². The lowest BCUT2D eigenvalue weighted by Crippen LogP contribution is -2.29. The molecule has 2 unspecified atom stereocenters. The van der Waals surface area contributed by atoms with Crippen molar-refractivity contribution >= 4 is 11.9 Å². The second-order valence-electron chi connectivity index (χ2n) is 8.20. The van der Waals surface area contributed by atoms with Crippen molar-refractivity contribution in [3.63, 3.8) is 0 Å². The Morgan fingerprint density at radius 2 is 1.03 bits per heavy atom. The second-order valence-corrected chi connectivity index (χ2v) is 8.20.